The number of carbonyl (C=O) groups excluding carboxylic acids is 1. The van der Waals surface area contributed by atoms with Crippen LogP contribution in [0.5, 0.6) is 0 Å². The number of carbonyl (C=O) groups is 1. The number of aromatic nitrogens is 2. The molecule has 2 heterocycles. The van der Waals surface area contributed by atoms with Gasteiger partial charge in [-0.15, -0.1) is 0 Å². The summed E-state index contributed by atoms with van der Waals surface area (Å²) in [6.07, 6.45) is 0.556. The second-order valence-electron chi connectivity index (χ2n) is 6.71. The largest absolute Gasteiger partial charge is 0.361 e. The van der Waals surface area contributed by atoms with Crippen molar-refractivity contribution in [2.45, 2.75) is 18.9 Å². The first-order valence-corrected chi connectivity index (χ1v) is 10.0. The maximum Gasteiger partial charge on any atom is 0.306 e. The summed E-state index contributed by atoms with van der Waals surface area (Å²) in [5.41, 5.74) is -0.369. The van der Waals surface area contributed by atoms with E-state index in [9.17, 15) is 22.4 Å². The van der Waals surface area contributed by atoms with Gasteiger partial charge in [-0.05, 0) is 29.8 Å². The molecule has 0 aliphatic carbocycles. The Bertz CT molecular complexity index is 1120. The van der Waals surface area contributed by atoms with Gasteiger partial charge in [0.15, 0.2) is 11.6 Å². The van der Waals surface area contributed by atoms with Gasteiger partial charge in [0.2, 0.25) is 11.9 Å². The van der Waals surface area contributed by atoms with Crippen molar-refractivity contribution < 1.29 is 22.4 Å². The molecule has 0 bridgehead atoms. The molecule has 5 nitrogen and oxygen atoms in total. The second-order valence-corrected chi connectivity index (χ2v) is 7.53. The van der Waals surface area contributed by atoms with Crippen molar-refractivity contribution >= 4 is 34.9 Å². The van der Waals surface area contributed by atoms with Crippen LogP contribution in [0.1, 0.15) is 16.8 Å². The van der Waals surface area contributed by atoms with Crippen LogP contribution in [0.25, 0.3) is 0 Å². The Hall–Kier alpha value is -2.91. The van der Waals surface area contributed by atoms with Crippen molar-refractivity contribution in [3.63, 3.8) is 0 Å². The summed E-state index contributed by atoms with van der Waals surface area (Å²) in [6, 6.07) is 10.6. The smallest absolute Gasteiger partial charge is 0.306 e. The molecule has 3 aromatic rings. The van der Waals surface area contributed by atoms with Gasteiger partial charge in [-0.1, -0.05) is 41.4 Å². The predicted molar refractivity (Wildman–Crippen MR) is 113 cm³/mol. The minimum absolute atomic E-state index is 0.0909. The number of pyridine rings is 2. The highest BCUT2D eigenvalue weighted by molar-refractivity contribution is 6.31. The molecule has 0 radical (unpaired) electrons. The Labute approximate surface area is 190 Å². The van der Waals surface area contributed by atoms with Crippen molar-refractivity contribution in [3.8, 4) is 0 Å². The van der Waals surface area contributed by atoms with Crippen LogP contribution < -0.4 is 10.6 Å². The van der Waals surface area contributed by atoms with Crippen LogP contribution in [0.2, 0.25) is 10.0 Å². The summed E-state index contributed by atoms with van der Waals surface area (Å²) >= 11 is 11.7. The summed E-state index contributed by atoms with van der Waals surface area (Å²) < 4.78 is 57.5. The molecule has 0 saturated carbocycles. The van der Waals surface area contributed by atoms with Gasteiger partial charge in [0, 0.05) is 23.3 Å². The van der Waals surface area contributed by atoms with E-state index in [-0.39, 0.29) is 6.54 Å². The number of nitrogens with one attached hydrogen (secondary N) is 2. The molecule has 0 aliphatic heterocycles. The number of nitrogens with zero attached hydrogens (tertiary/aromatic N) is 2. The number of anilines is 1. The molecule has 3 rings (SSSR count). The molecule has 0 unspecified atom stereocenters. The maximum absolute atomic E-state index is 14.8. The zero-order valence-electron chi connectivity index (χ0n) is 16.3. The average Bonchev–Trinajstić information content (AvgIpc) is 2.77. The van der Waals surface area contributed by atoms with E-state index in [2.05, 4.69) is 20.6 Å². The molecule has 32 heavy (non-hydrogen) atoms. The summed E-state index contributed by atoms with van der Waals surface area (Å²) in [7, 11) is 0. The fraction of sp³-hybridized carbons (Fsp3) is 0.190. The highest BCUT2D eigenvalue weighted by atomic mass is 35.5. The zero-order valence-corrected chi connectivity index (χ0v) is 17.8. The number of hydrogen-bond donors (Lipinski definition) is 2. The van der Waals surface area contributed by atoms with Crippen LogP contribution in [0.3, 0.4) is 0 Å². The lowest BCUT2D eigenvalue weighted by atomic mass is 10.1. The highest BCUT2D eigenvalue weighted by Crippen LogP contribution is 2.30. The van der Waals surface area contributed by atoms with Crippen molar-refractivity contribution in [2.75, 3.05) is 11.9 Å². The normalized spacial score (nSPS) is 11.3. The van der Waals surface area contributed by atoms with Gasteiger partial charge in [0.05, 0.1) is 13.0 Å². The SMILES string of the molecule is O=C(Cc1c(F)c(NCC(F)(F)c2ccccn2)nc(F)c1Cl)NCc1cccc(Cl)c1. The van der Waals surface area contributed by atoms with Crippen molar-refractivity contribution in [2.24, 2.45) is 0 Å². The standard InChI is InChI=1S/C21H16Cl2F4N4O/c22-13-5-3-4-12(8-13)10-29-16(32)9-14-17(23)19(25)31-20(18(14)24)30-11-21(26,27)15-6-1-2-7-28-15/h1-8H,9-11H2,(H,29,32)(H,30,31). The molecule has 1 amide bonds. The van der Waals surface area contributed by atoms with E-state index in [0.29, 0.717) is 10.6 Å². The van der Waals surface area contributed by atoms with E-state index in [1.54, 1.807) is 24.3 Å². The number of halogens is 6. The summed E-state index contributed by atoms with van der Waals surface area (Å²) in [5, 5.41) is 4.37. The third-order valence-corrected chi connectivity index (χ3v) is 4.98. The molecular formula is C21H16Cl2F4N4O. The molecule has 11 heteroatoms. The van der Waals surface area contributed by atoms with Gasteiger partial charge < -0.3 is 10.6 Å². The number of amides is 1. The van der Waals surface area contributed by atoms with Crippen molar-refractivity contribution in [1.29, 1.82) is 0 Å². The molecule has 2 N–H and O–H groups in total. The summed E-state index contributed by atoms with van der Waals surface area (Å²) in [5.74, 6) is -7.44. The van der Waals surface area contributed by atoms with Crippen LogP contribution in [0, 0.1) is 11.8 Å². The molecule has 0 aliphatic rings. The number of benzene rings is 1. The summed E-state index contributed by atoms with van der Waals surface area (Å²) in [6.45, 7) is -1.01. The van der Waals surface area contributed by atoms with Gasteiger partial charge in [-0.2, -0.15) is 18.2 Å². The third kappa shape index (κ3) is 5.86. The van der Waals surface area contributed by atoms with Gasteiger partial charge in [0.1, 0.15) is 10.7 Å². The Kier molecular flexibility index (Phi) is 7.52. The van der Waals surface area contributed by atoms with Crippen LogP contribution in [-0.4, -0.2) is 22.4 Å². The predicted octanol–water partition coefficient (Wildman–Crippen LogP) is 5.12. The average molecular weight is 487 g/mol. The number of alkyl halides is 2. The summed E-state index contributed by atoms with van der Waals surface area (Å²) in [4.78, 5) is 19.1. The zero-order chi connectivity index (χ0) is 23.3. The fourth-order valence-corrected chi connectivity index (χ4v) is 3.17. The van der Waals surface area contributed by atoms with Crippen LogP contribution in [0.4, 0.5) is 23.4 Å². The van der Waals surface area contributed by atoms with Gasteiger partial charge >= 0.3 is 5.92 Å². The molecule has 0 fully saturated rings. The molecule has 1 aromatic carbocycles. The topological polar surface area (TPSA) is 66.9 Å². The van der Waals surface area contributed by atoms with Crippen LogP contribution in [-0.2, 0) is 23.7 Å². The van der Waals surface area contributed by atoms with Crippen LogP contribution in [0.15, 0.2) is 48.7 Å². The van der Waals surface area contributed by atoms with E-state index < -0.39 is 58.7 Å². The minimum Gasteiger partial charge on any atom is -0.361 e. The Balaban J connectivity index is 1.72. The first-order valence-electron chi connectivity index (χ1n) is 9.25. The van der Waals surface area contributed by atoms with Gasteiger partial charge in [-0.3, -0.25) is 9.78 Å². The molecular weight excluding hydrogens is 471 g/mol. The molecule has 0 saturated heterocycles. The fourth-order valence-electron chi connectivity index (χ4n) is 2.77. The quantitative estimate of drug-likeness (QED) is 0.342. The first kappa shape index (κ1) is 23.7. The maximum atomic E-state index is 14.8. The lowest BCUT2D eigenvalue weighted by Gasteiger charge is -2.18. The minimum atomic E-state index is -3.49. The Morgan fingerprint density at radius 3 is 2.56 bits per heavy atom. The van der Waals surface area contributed by atoms with Gasteiger partial charge in [0.25, 0.3) is 0 Å². The van der Waals surface area contributed by atoms with Crippen LogP contribution >= 0.6 is 23.2 Å². The number of rotatable bonds is 8. The van der Waals surface area contributed by atoms with E-state index in [0.717, 1.165) is 6.07 Å². The Morgan fingerprint density at radius 1 is 1.09 bits per heavy atom. The van der Waals surface area contributed by atoms with E-state index >= 15 is 0 Å². The lowest BCUT2D eigenvalue weighted by molar-refractivity contribution is -0.120. The molecule has 0 atom stereocenters. The van der Waals surface area contributed by atoms with Crippen molar-refractivity contribution in [3.05, 3.63) is 87.3 Å². The lowest BCUT2D eigenvalue weighted by Crippen LogP contribution is -2.28. The van der Waals surface area contributed by atoms with Gasteiger partial charge in [-0.25, -0.2) is 4.39 Å². The monoisotopic (exact) mass is 486 g/mol. The number of hydrogen-bond acceptors (Lipinski definition) is 4. The third-order valence-electron chi connectivity index (χ3n) is 4.36. The molecule has 0 spiro atoms. The van der Waals surface area contributed by atoms with E-state index in [1.165, 1.54) is 18.3 Å². The second kappa shape index (κ2) is 10.1. The molecule has 168 valence electrons. The first-order chi connectivity index (χ1) is 15.2. The van der Waals surface area contributed by atoms with E-state index in [1.807, 2.05) is 0 Å². The van der Waals surface area contributed by atoms with Crippen molar-refractivity contribution in [1.82, 2.24) is 15.3 Å². The highest BCUT2D eigenvalue weighted by Gasteiger charge is 2.33. The molecule has 2 aromatic heterocycles. The van der Waals surface area contributed by atoms with E-state index in [4.69, 9.17) is 23.2 Å². The Morgan fingerprint density at radius 2 is 1.88 bits per heavy atom.